The van der Waals surface area contributed by atoms with E-state index < -0.39 is 11.8 Å². The third-order valence-electron chi connectivity index (χ3n) is 2.71. The van der Waals surface area contributed by atoms with Crippen LogP contribution >= 0.6 is 0 Å². The Bertz CT molecular complexity index is 771. The monoisotopic (exact) mass is 284 g/mol. The molecule has 0 spiro atoms. The molecule has 0 fully saturated rings. The summed E-state index contributed by atoms with van der Waals surface area (Å²) in [5.74, 6) is -1.16. The predicted molar refractivity (Wildman–Crippen MR) is 71.1 cm³/mol. The first-order chi connectivity index (χ1) is 10.2. The zero-order valence-electron chi connectivity index (χ0n) is 10.7. The van der Waals surface area contributed by atoms with Crippen LogP contribution in [0.15, 0.2) is 59.1 Å². The number of carbonyl (C=O) groups excluding carboxylic acids is 1. The van der Waals surface area contributed by atoms with Gasteiger partial charge in [-0.1, -0.05) is 30.3 Å². The topological polar surface area (TPSA) is 65.2 Å². The molecule has 21 heavy (non-hydrogen) atoms. The lowest BCUT2D eigenvalue weighted by Crippen LogP contribution is -2.09. The summed E-state index contributed by atoms with van der Waals surface area (Å²) >= 11 is 0. The molecule has 0 aliphatic carbocycles. The summed E-state index contributed by atoms with van der Waals surface area (Å²) in [6.07, 6.45) is 0. The van der Waals surface area contributed by atoms with Crippen molar-refractivity contribution in [2.45, 2.75) is 0 Å². The second-order valence-electron chi connectivity index (χ2n) is 4.12. The van der Waals surface area contributed by atoms with Crippen LogP contribution in [-0.4, -0.2) is 16.1 Å². The Kier molecular flexibility index (Phi) is 3.42. The van der Waals surface area contributed by atoms with Gasteiger partial charge in [0.2, 0.25) is 0 Å². The number of hydrogen-bond donors (Lipinski definition) is 0. The van der Waals surface area contributed by atoms with Gasteiger partial charge >= 0.3 is 12.0 Å². The van der Waals surface area contributed by atoms with Crippen LogP contribution in [0.1, 0.15) is 10.4 Å². The van der Waals surface area contributed by atoms with Gasteiger partial charge in [0.1, 0.15) is 5.82 Å². The van der Waals surface area contributed by atoms with E-state index in [2.05, 4.69) is 10.1 Å². The Morgan fingerprint density at radius 1 is 1.05 bits per heavy atom. The smallest absolute Gasteiger partial charge is 0.362 e. The van der Waals surface area contributed by atoms with Crippen LogP contribution < -0.4 is 4.74 Å². The molecular weight excluding hydrogens is 275 g/mol. The van der Waals surface area contributed by atoms with Crippen molar-refractivity contribution in [1.82, 2.24) is 10.1 Å². The fraction of sp³-hybridized carbons (Fsp3) is 0. The molecule has 0 aliphatic rings. The van der Waals surface area contributed by atoms with Crippen molar-refractivity contribution in [3.05, 3.63) is 66.0 Å². The number of halogens is 1. The molecule has 3 rings (SSSR count). The molecule has 0 bridgehead atoms. The summed E-state index contributed by atoms with van der Waals surface area (Å²) in [6, 6.07) is 14.1. The minimum Gasteiger partial charge on any atom is -0.385 e. The summed E-state index contributed by atoms with van der Waals surface area (Å²) in [5.41, 5.74) is 0.502. The maximum absolute atomic E-state index is 13.6. The van der Waals surface area contributed by atoms with Gasteiger partial charge in [-0.25, -0.2) is 9.18 Å². The van der Waals surface area contributed by atoms with Gasteiger partial charge < -0.3 is 9.26 Å². The number of ether oxygens (including phenoxy) is 1. The van der Waals surface area contributed by atoms with E-state index in [1.807, 2.05) is 0 Å². The average Bonchev–Trinajstić information content (AvgIpc) is 2.97. The molecule has 6 heteroatoms. The first kappa shape index (κ1) is 13.0. The van der Waals surface area contributed by atoms with Crippen LogP contribution in [0.25, 0.3) is 11.5 Å². The standard InChI is InChI=1S/C15H9FN2O3/c16-12-9-5-4-8-11(12)13-17-15(18-21-13)20-14(19)10-6-2-1-3-7-10/h1-9H. The van der Waals surface area contributed by atoms with Crippen molar-refractivity contribution in [3.63, 3.8) is 0 Å². The zero-order valence-corrected chi connectivity index (χ0v) is 10.7. The summed E-state index contributed by atoms with van der Waals surface area (Å²) in [4.78, 5) is 15.7. The first-order valence-electron chi connectivity index (χ1n) is 6.10. The zero-order chi connectivity index (χ0) is 14.7. The summed E-state index contributed by atoms with van der Waals surface area (Å²) < 4.78 is 23.4. The largest absolute Gasteiger partial charge is 0.385 e. The molecule has 1 heterocycles. The van der Waals surface area contributed by atoms with E-state index in [0.717, 1.165) is 0 Å². The molecule has 0 saturated carbocycles. The number of esters is 1. The van der Waals surface area contributed by atoms with Gasteiger partial charge in [0, 0.05) is 0 Å². The second kappa shape index (κ2) is 5.54. The number of aromatic nitrogens is 2. The predicted octanol–water partition coefficient (Wildman–Crippen LogP) is 3.09. The van der Waals surface area contributed by atoms with Gasteiger partial charge in [-0.15, -0.1) is 0 Å². The molecule has 104 valence electrons. The van der Waals surface area contributed by atoms with E-state index in [9.17, 15) is 9.18 Å². The molecule has 5 nitrogen and oxygen atoms in total. The Labute approximate surface area is 119 Å². The molecule has 0 aliphatic heterocycles. The molecular formula is C15H9FN2O3. The Morgan fingerprint density at radius 2 is 1.76 bits per heavy atom. The van der Waals surface area contributed by atoms with E-state index in [4.69, 9.17) is 9.26 Å². The molecule has 3 aromatic rings. The lowest BCUT2D eigenvalue weighted by Gasteiger charge is -1.98. The van der Waals surface area contributed by atoms with Crippen molar-refractivity contribution >= 4 is 5.97 Å². The van der Waals surface area contributed by atoms with Gasteiger partial charge in [-0.05, 0) is 29.4 Å². The van der Waals surface area contributed by atoms with E-state index in [1.165, 1.54) is 12.1 Å². The van der Waals surface area contributed by atoms with Crippen LogP contribution in [0.2, 0.25) is 0 Å². The summed E-state index contributed by atoms with van der Waals surface area (Å²) in [5, 5.41) is 3.50. The third kappa shape index (κ3) is 2.79. The minimum atomic E-state index is -0.614. The van der Waals surface area contributed by atoms with E-state index in [0.29, 0.717) is 5.56 Å². The van der Waals surface area contributed by atoms with Crippen molar-refractivity contribution in [1.29, 1.82) is 0 Å². The fourth-order valence-corrected chi connectivity index (χ4v) is 1.71. The Balaban J connectivity index is 1.80. The van der Waals surface area contributed by atoms with Crippen molar-refractivity contribution in [2.75, 3.05) is 0 Å². The van der Waals surface area contributed by atoms with Crippen molar-refractivity contribution < 1.29 is 18.4 Å². The van der Waals surface area contributed by atoms with Gasteiger partial charge in [-0.2, -0.15) is 4.98 Å². The van der Waals surface area contributed by atoms with Gasteiger partial charge in [0.25, 0.3) is 5.89 Å². The highest BCUT2D eigenvalue weighted by Crippen LogP contribution is 2.22. The first-order valence-corrected chi connectivity index (χ1v) is 6.10. The average molecular weight is 284 g/mol. The van der Waals surface area contributed by atoms with Crippen LogP contribution in [0, 0.1) is 5.82 Å². The molecule has 0 radical (unpaired) electrons. The van der Waals surface area contributed by atoms with Crippen LogP contribution in [-0.2, 0) is 0 Å². The van der Waals surface area contributed by atoms with Gasteiger partial charge in [0.05, 0.1) is 11.1 Å². The van der Waals surface area contributed by atoms with Gasteiger partial charge in [0.15, 0.2) is 0 Å². The van der Waals surface area contributed by atoms with E-state index >= 15 is 0 Å². The lowest BCUT2D eigenvalue weighted by molar-refractivity contribution is 0.0714. The SMILES string of the molecule is O=C(Oc1noc(-c2ccccc2F)n1)c1ccccc1. The van der Waals surface area contributed by atoms with Gasteiger partial charge in [-0.3, -0.25) is 0 Å². The number of carbonyl (C=O) groups is 1. The number of benzene rings is 2. The molecule has 2 aromatic carbocycles. The highest BCUT2D eigenvalue weighted by molar-refractivity contribution is 5.90. The van der Waals surface area contributed by atoms with Crippen LogP contribution in [0.4, 0.5) is 4.39 Å². The highest BCUT2D eigenvalue weighted by Gasteiger charge is 2.16. The second-order valence-corrected chi connectivity index (χ2v) is 4.12. The fourth-order valence-electron chi connectivity index (χ4n) is 1.71. The van der Waals surface area contributed by atoms with Crippen molar-refractivity contribution in [3.8, 4) is 17.5 Å². The van der Waals surface area contributed by atoms with E-state index in [1.54, 1.807) is 42.5 Å². The Morgan fingerprint density at radius 3 is 2.52 bits per heavy atom. The molecule has 0 unspecified atom stereocenters. The van der Waals surface area contributed by atoms with Crippen LogP contribution in [0.5, 0.6) is 6.01 Å². The third-order valence-corrected chi connectivity index (χ3v) is 2.71. The van der Waals surface area contributed by atoms with E-state index in [-0.39, 0.29) is 17.5 Å². The highest BCUT2D eigenvalue weighted by atomic mass is 19.1. The quantitative estimate of drug-likeness (QED) is 0.691. The number of rotatable bonds is 3. The molecule has 1 aromatic heterocycles. The van der Waals surface area contributed by atoms with Crippen LogP contribution in [0.3, 0.4) is 0 Å². The summed E-state index contributed by atoms with van der Waals surface area (Å²) in [7, 11) is 0. The molecule has 0 saturated heterocycles. The maximum Gasteiger partial charge on any atom is 0.362 e. The van der Waals surface area contributed by atoms with Crippen molar-refractivity contribution in [2.24, 2.45) is 0 Å². The minimum absolute atomic E-state index is 0.0519. The normalized spacial score (nSPS) is 10.3. The Hall–Kier alpha value is -3.02. The lowest BCUT2D eigenvalue weighted by atomic mass is 10.2. The molecule has 0 atom stereocenters. The number of nitrogens with zero attached hydrogens (tertiary/aromatic N) is 2. The maximum atomic E-state index is 13.6. The molecule has 0 N–H and O–H groups in total. The summed E-state index contributed by atoms with van der Waals surface area (Å²) in [6.45, 7) is 0. The molecule has 0 amide bonds. The number of hydrogen-bond acceptors (Lipinski definition) is 5.